The molecule has 0 aliphatic carbocycles. The van der Waals surface area contributed by atoms with E-state index >= 15 is 0 Å². The molecule has 0 bridgehead atoms. The molecule has 0 aromatic heterocycles. The van der Waals surface area contributed by atoms with E-state index in [1.165, 1.54) is 11.1 Å². The van der Waals surface area contributed by atoms with Crippen molar-refractivity contribution in [3.8, 4) is 0 Å². The molecule has 0 N–H and O–H groups in total. The minimum Gasteiger partial charge on any atom is -0.373 e. The molecule has 2 unspecified atom stereocenters. The van der Waals surface area contributed by atoms with Crippen LogP contribution in [0.3, 0.4) is 0 Å². The summed E-state index contributed by atoms with van der Waals surface area (Å²) in [5, 5.41) is 0. The number of epoxide rings is 2. The van der Waals surface area contributed by atoms with E-state index in [0.717, 1.165) is 26.1 Å². The lowest BCUT2D eigenvalue weighted by Gasteiger charge is -2.15. The lowest BCUT2D eigenvalue weighted by atomic mass is 9.89. The Hall–Kier alpha value is -0.860. The minimum absolute atomic E-state index is 0.505. The Morgan fingerprint density at radius 2 is 1.56 bits per heavy atom. The van der Waals surface area contributed by atoms with Gasteiger partial charge in [-0.05, 0) is 31.2 Å². The zero-order valence-corrected chi connectivity index (χ0v) is 9.69. The fourth-order valence-electron chi connectivity index (χ4n) is 2.25. The molecule has 2 nitrogen and oxygen atoms in total. The molecule has 2 heteroatoms. The molecule has 2 fully saturated rings. The fourth-order valence-corrected chi connectivity index (χ4v) is 2.25. The van der Waals surface area contributed by atoms with Gasteiger partial charge in [0.2, 0.25) is 0 Å². The Morgan fingerprint density at radius 3 is 2.00 bits per heavy atom. The first-order chi connectivity index (χ1) is 7.81. The Kier molecular flexibility index (Phi) is 2.70. The lowest BCUT2D eigenvalue weighted by molar-refractivity contribution is 0.345. The molecular formula is C14H18O2. The second-order valence-electron chi connectivity index (χ2n) is 4.99. The molecule has 1 aromatic rings. The number of hydrogen-bond donors (Lipinski definition) is 0. The summed E-state index contributed by atoms with van der Waals surface area (Å²) in [5.41, 5.74) is 2.77. The summed E-state index contributed by atoms with van der Waals surface area (Å²) < 4.78 is 10.7. The molecule has 16 heavy (non-hydrogen) atoms. The van der Waals surface area contributed by atoms with Crippen molar-refractivity contribution in [2.45, 2.75) is 37.9 Å². The van der Waals surface area contributed by atoms with E-state index in [1.54, 1.807) is 0 Å². The van der Waals surface area contributed by atoms with Gasteiger partial charge in [-0.2, -0.15) is 0 Å². The lowest BCUT2D eigenvalue weighted by Crippen LogP contribution is -2.06. The standard InChI is InChI=1S/C14H18O2/c1-10-2-4-11(5-3-10)12(6-13-8-15-13)7-14-9-16-14/h2-5,12-14H,6-9H2,1H3. The molecule has 0 saturated carbocycles. The van der Waals surface area contributed by atoms with Gasteiger partial charge in [0.05, 0.1) is 25.4 Å². The van der Waals surface area contributed by atoms with Gasteiger partial charge in [-0.3, -0.25) is 0 Å². The molecule has 86 valence electrons. The van der Waals surface area contributed by atoms with Crippen molar-refractivity contribution >= 4 is 0 Å². The van der Waals surface area contributed by atoms with Crippen molar-refractivity contribution in [3.63, 3.8) is 0 Å². The van der Waals surface area contributed by atoms with E-state index in [2.05, 4.69) is 31.2 Å². The molecule has 2 aliphatic heterocycles. The number of ether oxygens (including phenoxy) is 2. The van der Waals surface area contributed by atoms with E-state index in [0.29, 0.717) is 18.1 Å². The average Bonchev–Trinajstić information content (AvgIpc) is 3.12. The van der Waals surface area contributed by atoms with E-state index in [-0.39, 0.29) is 0 Å². The first kappa shape index (κ1) is 10.3. The molecule has 2 aliphatic rings. The van der Waals surface area contributed by atoms with Crippen LogP contribution >= 0.6 is 0 Å². The predicted octanol–water partition coefficient (Wildman–Crippen LogP) is 2.66. The van der Waals surface area contributed by atoms with Crippen molar-refractivity contribution in [1.82, 2.24) is 0 Å². The maximum Gasteiger partial charge on any atom is 0.0815 e. The Morgan fingerprint density at radius 1 is 1.06 bits per heavy atom. The maximum atomic E-state index is 5.35. The summed E-state index contributed by atoms with van der Waals surface area (Å²) in [5.74, 6) is 0.612. The second-order valence-corrected chi connectivity index (χ2v) is 4.99. The molecule has 0 spiro atoms. The smallest absolute Gasteiger partial charge is 0.0815 e. The normalized spacial score (nSPS) is 28.8. The van der Waals surface area contributed by atoms with E-state index in [4.69, 9.17) is 9.47 Å². The van der Waals surface area contributed by atoms with Gasteiger partial charge in [0.1, 0.15) is 0 Å². The van der Waals surface area contributed by atoms with Crippen LogP contribution in [0.1, 0.15) is 29.9 Å². The van der Waals surface area contributed by atoms with Gasteiger partial charge in [0.25, 0.3) is 0 Å². The summed E-state index contributed by atoms with van der Waals surface area (Å²) in [7, 11) is 0. The van der Waals surface area contributed by atoms with Crippen LogP contribution in [0.5, 0.6) is 0 Å². The van der Waals surface area contributed by atoms with Crippen molar-refractivity contribution in [3.05, 3.63) is 35.4 Å². The number of benzene rings is 1. The summed E-state index contributed by atoms with van der Waals surface area (Å²) in [4.78, 5) is 0. The summed E-state index contributed by atoms with van der Waals surface area (Å²) >= 11 is 0. The van der Waals surface area contributed by atoms with Crippen LogP contribution in [0.25, 0.3) is 0 Å². The van der Waals surface area contributed by atoms with Gasteiger partial charge >= 0.3 is 0 Å². The summed E-state index contributed by atoms with van der Waals surface area (Å²) in [6.45, 7) is 4.04. The largest absolute Gasteiger partial charge is 0.373 e. The topological polar surface area (TPSA) is 25.1 Å². The van der Waals surface area contributed by atoms with Crippen LogP contribution in [0, 0.1) is 6.92 Å². The third-order valence-electron chi connectivity index (χ3n) is 3.45. The second kappa shape index (κ2) is 4.19. The number of hydrogen-bond acceptors (Lipinski definition) is 2. The van der Waals surface area contributed by atoms with Gasteiger partial charge in [-0.25, -0.2) is 0 Å². The first-order valence-electron chi connectivity index (χ1n) is 6.11. The molecule has 2 saturated heterocycles. The molecule has 3 rings (SSSR count). The van der Waals surface area contributed by atoms with Crippen LogP contribution in [-0.4, -0.2) is 25.4 Å². The van der Waals surface area contributed by atoms with Gasteiger partial charge in [0, 0.05) is 0 Å². The third kappa shape index (κ3) is 2.63. The highest BCUT2D eigenvalue weighted by Crippen LogP contribution is 2.34. The van der Waals surface area contributed by atoms with Crippen LogP contribution in [0.15, 0.2) is 24.3 Å². The quantitative estimate of drug-likeness (QED) is 0.710. The monoisotopic (exact) mass is 218 g/mol. The SMILES string of the molecule is Cc1ccc(C(CC2CO2)CC2CO2)cc1. The van der Waals surface area contributed by atoms with Crippen LogP contribution in [0.4, 0.5) is 0 Å². The van der Waals surface area contributed by atoms with Crippen molar-refractivity contribution in [1.29, 1.82) is 0 Å². The number of aryl methyl sites for hydroxylation is 1. The predicted molar refractivity (Wildman–Crippen MR) is 62.6 cm³/mol. The highest BCUT2D eigenvalue weighted by atomic mass is 16.6. The van der Waals surface area contributed by atoms with Crippen molar-refractivity contribution < 1.29 is 9.47 Å². The van der Waals surface area contributed by atoms with Gasteiger partial charge < -0.3 is 9.47 Å². The molecule has 2 heterocycles. The fraction of sp³-hybridized carbons (Fsp3) is 0.571. The Bertz CT molecular complexity index is 336. The van der Waals surface area contributed by atoms with Crippen LogP contribution < -0.4 is 0 Å². The molecule has 0 radical (unpaired) electrons. The molecular weight excluding hydrogens is 200 g/mol. The summed E-state index contributed by atoms with van der Waals surface area (Å²) in [6.07, 6.45) is 3.32. The molecule has 2 atom stereocenters. The van der Waals surface area contributed by atoms with E-state index in [1.807, 2.05) is 0 Å². The maximum absolute atomic E-state index is 5.35. The Balaban J connectivity index is 1.71. The minimum atomic E-state index is 0.505. The van der Waals surface area contributed by atoms with Gasteiger partial charge in [0.15, 0.2) is 0 Å². The third-order valence-corrected chi connectivity index (χ3v) is 3.45. The van der Waals surface area contributed by atoms with E-state index < -0.39 is 0 Å². The Labute approximate surface area is 96.6 Å². The highest BCUT2D eigenvalue weighted by Gasteiger charge is 2.32. The average molecular weight is 218 g/mol. The molecule has 1 aromatic carbocycles. The number of rotatable bonds is 5. The molecule has 0 amide bonds. The van der Waals surface area contributed by atoms with Crippen molar-refractivity contribution in [2.75, 3.05) is 13.2 Å². The van der Waals surface area contributed by atoms with Gasteiger partial charge in [-0.1, -0.05) is 29.8 Å². The van der Waals surface area contributed by atoms with E-state index in [9.17, 15) is 0 Å². The zero-order valence-electron chi connectivity index (χ0n) is 9.69. The van der Waals surface area contributed by atoms with Crippen molar-refractivity contribution in [2.24, 2.45) is 0 Å². The summed E-state index contributed by atoms with van der Waals surface area (Å²) in [6, 6.07) is 8.91. The van der Waals surface area contributed by atoms with Crippen LogP contribution in [-0.2, 0) is 9.47 Å². The first-order valence-corrected chi connectivity index (χ1v) is 6.11. The van der Waals surface area contributed by atoms with Crippen LogP contribution in [0.2, 0.25) is 0 Å². The zero-order chi connectivity index (χ0) is 11.0. The highest BCUT2D eigenvalue weighted by molar-refractivity contribution is 5.25. The van der Waals surface area contributed by atoms with Gasteiger partial charge in [-0.15, -0.1) is 0 Å².